The van der Waals surface area contributed by atoms with Crippen LogP contribution in [0.2, 0.25) is 0 Å². The zero-order chi connectivity index (χ0) is 20.5. The van der Waals surface area contributed by atoms with Crippen LogP contribution in [0.1, 0.15) is 77.6 Å². The Kier molecular flexibility index (Phi) is 15.1. The number of ether oxygens (including phenoxy) is 2. The number of carboxylic acids is 1. The van der Waals surface area contributed by atoms with Gasteiger partial charge in [-0.25, -0.2) is 0 Å². The lowest BCUT2D eigenvalue weighted by Gasteiger charge is -2.09. The summed E-state index contributed by atoms with van der Waals surface area (Å²) in [7, 11) is -4.85. The number of hydrogen-bond donors (Lipinski definition) is 2. The Bertz CT molecular complexity index is 503. The largest absolute Gasteiger partial charge is 0.480 e. The smallest absolute Gasteiger partial charge is 0.325 e. The van der Waals surface area contributed by atoms with Gasteiger partial charge in [0, 0.05) is 6.61 Å². The van der Waals surface area contributed by atoms with Crippen molar-refractivity contribution in [2.45, 2.75) is 82.8 Å². The van der Waals surface area contributed by atoms with Crippen LogP contribution in [0.15, 0.2) is 0 Å². The maximum Gasteiger partial charge on any atom is 0.325 e. The van der Waals surface area contributed by atoms with Gasteiger partial charge in [-0.2, -0.15) is 8.42 Å². The maximum absolute atomic E-state index is 11.4. The van der Waals surface area contributed by atoms with Crippen molar-refractivity contribution in [1.82, 2.24) is 0 Å². The van der Waals surface area contributed by atoms with Crippen molar-refractivity contribution in [3.05, 3.63) is 0 Å². The molecule has 0 rings (SSSR count). The number of unbranched alkanes of at least 4 members (excludes halogenated alkanes) is 9. The van der Waals surface area contributed by atoms with Crippen LogP contribution in [0.4, 0.5) is 0 Å². The van der Waals surface area contributed by atoms with Crippen molar-refractivity contribution in [2.24, 2.45) is 0 Å². The van der Waals surface area contributed by atoms with E-state index in [1.165, 1.54) is 51.4 Å². The Morgan fingerprint density at radius 1 is 0.852 bits per heavy atom. The molecule has 0 aromatic heterocycles. The minimum absolute atomic E-state index is 0.0889. The Balaban J connectivity index is 3.51. The van der Waals surface area contributed by atoms with E-state index in [0.29, 0.717) is 6.61 Å². The van der Waals surface area contributed by atoms with E-state index in [0.717, 1.165) is 12.8 Å². The molecule has 0 saturated carbocycles. The van der Waals surface area contributed by atoms with Crippen LogP contribution >= 0.6 is 0 Å². The lowest BCUT2D eigenvalue weighted by Crippen LogP contribution is -2.32. The SMILES string of the molecule is CCCCCCCCCCCCOCCOC(=O)CC(C(=O)O)S(=O)(=O)O. The van der Waals surface area contributed by atoms with Crippen LogP contribution in [-0.4, -0.2) is 55.1 Å². The molecule has 0 fully saturated rings. The topological polar surface area (TPSA) is 127 Å². The minimum atomic E-state index is -4.85. The van der Waals surface area contributed by atoms with Crippen LogP contribution in [0, 0.1) is 0 Å². The number of carboxylic acid groups (broad SMARTS) is 1. The lowest BCUT2D eigenvalue weighted by atomic mass is 10.1. The predicted octanol–water partition coefficient (Wildman–Crippen LogP) is 3.20. The number of hydrogen-bond acceptors (Lipinski definition) is 6. The highest BCUT2D eigenvalue weighted by Gasteiger charge is 2.33. The van der Waals surface area contributed by atoms with E-state index in [9.17, 15) is 18.0 Å². The quantitative estimate of drug-likeness (QED) is 0.200. The van der Waals surface area contributed by atoms with Crippen molar-refractivity contribution < 1.29 is 37.1 Å². The summed E-state index contributed by atoms with van der Waals surface area (Å²) in [6.07, 6.45) is 11.3. The van der Waals surface area contributed by atoms with E-state index in [2.05, 4.69) is 6.92 Å². The molecule has 1 unspecified atom stereocenters. The third-order valence-corrected chi connectivity index (χ3v) is 5.21. The standard InChI is InChI=1S/C18H34O8S/c1-2-3-4-5-6-7-8-9-10-11-12-25-13-14-26-17(19)15-16(18(20)21)27(22,23)24/h16H,2-15H2,1H3,(H,20,21)(H,22,23,24). The fourth-order valence-electron chi connectivity index (χ4n) is 2.54. The first-order valence-electron chi connectivity index (χ1n) is 9.71. The molecule has 0 aliphatic rings. The molecule has 0 aromatic rings. The van der Waals surface area contributed by atoms with Crippen LogP contribution in [0.25, 0.3) is 0 Å². The highest BCUT2D eigenvalue weighted by atomic mass is 32.2. The molecule has 0 spiro atoms. The molecular weight excluding hydrogens is 376 g/mol. The van der Waals surface area contributed by atoms with Crippen LogP contribution in [-0.2, 0) is 29.2 Å². The van der Waals surface area contributed by atoms with E-state index in [4.69, 9.17) is 19.1 Å². The summed E-state index contributed by atoms with van der Waals surface area (Å²) in [6, 6.07) is 0. The lowest BCUT2D eigenvalue weighted by molar-refractivity contribution is -0.148. The first-order chi connectivity index (χ1) is 12.8. The van der Waals surface area contributed by atoms with Crippen molar-refractivity contribution in [3.8, 4) is 0 Å². The van der Waals surface area contributed by atoms with Gasteiger partial charge in [-0.1, -0.05) is 64.7 Å². The number of aliphatic carboxylic acids is 1. The Hall–Kier alpha value is -1.19. The molecule has 0 saturated heterocycles. The third kappa shape index (κ3) is 15.6. The molecule has 160 valence electrons. The van der Waals surface area contributed by atoms with Gasteiger partial charge in [0.05, 0.1) is 13.0 Å². The molecular formula is C18H34O8S. The Morgan fingerprint density at radius 2 is 1.37 bits per heavy atom. The number of rotatable bonds is 18. The summed E-state index contributed by atoms with van der Waals surface area (Å²) < 4.78 is 40.5. The van der Waals surface area contributed by atoms with Gasteiger partial charge in [-0.3, -0.25) is 14.1 Å². The second-order valence-electron chi connectivity index (χ2n) is 6.56. The number of carbonyl (C=O) groups is 2. The van der Waals surface area contributed by atoms with E-state index in [1.54, 1.807) is 0 Å². The summed E-state index contributed by atoms with van der Waals surface area (Å²) >= 11 is 0. The number of carbonyl (C=O) groups excluding carboxylic acids is 1. The monoisotopic (exact) mass is 410 g/mol. The van der Waals surface area contributed by atoms with E-state index in [1.807, 2.05) is 0 Å². The molecule has 2 N–H and O–H groups in total. The molecule has 0 aliphatic heterocycles. The zero-order valence-electron chi connectivity index (χ0n) is 16.2. The molecule has 0 bridgehead atoms. The van der Waals surface area contributed by atoms with Crippen LogP contribution in [0.5, 0.6) is 0 Å². The average molecular weight is 411 g/mol. The van der Waals surface area contributed by atoms with Crippen LogP contribution in [0.3, 0.4) is 0 Å². The highest BCUT2D eigenvalue weighted by molar-refractivity contribution is 7.87. The molecule has 1 atom stereocenters. The Labute approximate surface area is 162 Å². The molecule has 8 nitrogen and oxygen atoms in total. The van der Waals surface area contributed by atoms with Gasteiger partial charge < -0.3 is 14.6 Å². The Morgan fingerprint density at radius 3 is 1.85 bits per heavy atom. The third-order valence-electron chi connectivity index (χ3n) is 4.12. The summed E-state index contributed by atoms with van der Waals surface area (Å²) in [4.78, 5) is 22.1. The summed E-state index contributed by atoms with van der Waals surface area (Å²) in [5, 5.41) is 6.47. The van der Waals surface area contributed by atoms with Gasteiger partial charge in [0.25, 0.3) is 10.1 Å². The first kappa shape index (κ1) is 25.8. The summed E-state index contributed by atoms with van der Waals surface area (Å²) in [5.74, 6) is -2.81. The fraction of sp³-hybridized carbons (Fsp3) is 0.889. The first-order valence-corrected chi connectivity index (χ1v) is 11.2. The van der Waals surface area contributed by atoms with Crippen LogP contribution < -0.4 is 0 Å². The van der Waals surface area contributed by atoms with Gasteiger partial charge in [-0.05, 0) is 6.42 Å². The van der Waals surface area contributed by atoms with E-state index < -0.39 is 33.7 Å². The molecule has 27 heavy (non-hydrogen) atoms. The molecule has 9 heteroatoms. The molecule has 0 aromatic carbocycles. The molecule has 0 aliphatic carbocycles. The maximum atomic E-state index is 11.4. The summed E-state index contributed by atoms with van der Waals surface area (Å²) in [5.41, 5.74) is 0. The molecule has 0 heterocycles. The molecule has 0 radical (unpaired) electrons. The average Bonchev–Trinajstić information content (AvgIpc) is 2.58. The van der Waals surface area contributed by atoms with Crippen molar-refractivity contribution >= 4 is 22.1 Å². The van der Waals surface area contributed by atoms with Gasteiger partial charge in [0.1, 0.15) is 6.61 Å². The van der Waals surface area contributed by atoms with E-state index in [-0.39, 0.29) is 13.2 Å². The van der Waals surface area contributed by atoms with Crippen molar-refractivity contribution in [2.75, 3.05) is 19.8 Å². The second kappa shape index (κ2) is 15.8. The zero-order valence-corrected chi connectivity index (χ0v) is 17.0. The van der Waals surface area contributed by atoms with Crippen molar-refractivity contribution in [1.29, 1.82) is 0 Å². The minimum Gasteiger partial charge on any atom is -0.480 e. The second-order valence-corrected chi connectivity index (χ2v) is 8.16. The molecule has 0 amide bonds. The number of esters is 1. The normalized spacial score (nSPS) is 12.7. The van der Waals surface area contributed by atoms with Gasteiger partial charge in [-0.15, -0.1) is 0 Å². The highest BCUT2D eigenvalue weighted by Crippen LogP contribution is 2.10. The summed E-state index contributed by atoms with van der Waals surface area (Å²) in [6.45, 7) is 2.84. The predicted molar refractivity (Wildman–Crippen MR) is 101 cm³/mol. The van der Waals surface area contributed by atoms with E-state index >= 15 is 0 Å². The fourth-order valence-corrected chi connectivity index (χ4v) is 3.14. The van der Waals surface area contributed by atoms with Crippen molar-refractivity contribution in [3.63, 3.8) is 0 Å². The van der Waals surface area contributed by atoms with Gasteiger partial charge in [0.15, 0.2) is 5.25 Å². The van der Waals surface area contributed by atoms with Gasteiger partial charge >= 0.3 is 11.9 Å². The van der Waals surface area contributed by atoms with Gasteiger partial charge in [0.2, 0.25) is 0 Å².